The van der Waals surface area contributed by atoms with Crippen LogP contribution in [0.15, 0.2) is 48.5 Å². The van der Waals surface area contributed by atoms with Crippen molar-refractivity contribution in [3.8, 4) is 0 Å². The zero-order valence-electron chi connectivity index (χ0n) is 14.3. The van der Waals surface area contributed by atoms with Crippen molar-refractivity contribution in [1.29, 1.82) is 0 Å². The van der Waals surface area contributed by atoms with Crippen LogP contribution >= 0.6 is 12.2 Å². The number of aromatic nitrogens is 2. The molecule has 1 heterocycles. The lowest BCUT2D eigenvalue weighted by molar-refractivity contribution is -0.144. The molecular formula is C18H16F3N5S. The number of hydrazine groups is 1. The molecule has 0 aliphatic heterocycles. The van der Waals surface area contributed by atoms with Gasteiger partial charge in [-0.3, -0.25) is 10.9 Å². The van der Waals surface area contributed by atoms with Gasteiger partial charge in [-0.2, -0.15) is 13.2 Å². The Bertz CT molecular complexity index is 975. The van der Waals surface area contributed by atoms with E-state index < -0.39 is 12.0 Å². The zero-order valence-corrected chi connectivity index (χ0v) is 15.1. The van der Waals surface area contributed by atoms with Gasteiger partial charge in [0.05, 0.1) is 5.52 Å². The minimum absolute atomic E-state index is 0.0145. The highest BCUT2D eigenvalue weighted by Crippen LogP contribution is 2.29. The molecule has 0 saturated carbocycles. The molecule has 1 aromatic heterocycles. The first-order chi connectivity index (χ1) is 12.9. The van der Waals surface area contributed by atoms with Crippen molar-refractivity contribution in [2.24, 2.45) is 0 Å². The van der Waals surface area contributed by atoms with Gasteiger partial charge in [-0.25, -0.2) is 9.97 Å². The van der Waals surface area contributed by atoms with Crippen LogP contribution in [0.1, 0.15) is 18.3 Å². The number of hydrogen-bond acceptors (Lipinski definition) is 4. The summed E-state index contributed by atoms with van der Waals surface area (Å²) in [5.41, 5.74) is 7.40. The number of fused-ring (bicyclic) bond motifs is 1. The lowest BCUT2D eigenvalue weighted by Gasteiger charge is -2.15. The smallest absolute Gasteiger partial charge is 0.331 e. The second-order valence-corrected chi connectivity index (χ2v) is 6.08. The summed E-state index contributed by atoms with van der Waals surface area (Å²) in [6.45, 7) is 2.04. The van der Waals surface area contributed by atoms with Crippen LogP contribution in [0.25, 0.3) is 10.9 Å². The number of anilines is 2. The number of para-hydroxylation sites is 1. The maximum atomic E-state index is 13.0. The zero-order chi connectivity index (χ0) is 19.4. The summed E-state index contributed by atoms with van der Waals surface area (Å²) in [6.07, 6.45) is -3.78. The predicted molar refractivity (Wildman–Crippen MR) is 103 cm³/mol. The Kier molecular flexibility index (Phi) is 5.41. The lowest BCUT2D eigenvalue weighted by atomic mass is 10.1. The fourth-order valence-corrected chi connectivity index (χ4v) is 2.61. The highest BCUT2D eigenvalue weighted by atomic mass is 32.1. The van der Waals surface area contributed by atoms with Crippen LogP contribution in [-0.2, 0) is 12.6 Å². The molecule has 0 atom stereocenters. The molecule has 0 fully saturated rings. The maximum absolute atomic E-state index is 13.0. The Morgan fingerprint density at radius 1 is 1.07 bits per heavy atom. The number of hydrogen-bond donors (Lipinski definition) is 3. The molecule has 140 valence electrons. The molecule has 0 bridgehead atoms. The van der Waals surface area contributed by atoms with Gasteiger partial charge in [-0.1, -0.05) is 31.2 Å². The van der Waals surface area contributed by atoms with E-state index in [1.165, 1.54) is 6.07 Å². The number of benzene rings is 2. The summed E-state index contributed by atoms with van der Waals surface area (Å²) >= 11 is 5.19. The third kappa shape index (κ3) is 4.62. The molecule has 0 aliphatic carbocycles. The highest BCUT2D eigenvalue weighted by molar-refractivity contribution is 7.80. The molecule has 3 N–H and O–H groups in total. The average Bonchev–Trinajstić information content (AvgIpc) is 2.65. The molecule has 0 amide bonds. The minimum Gasteiger partial charge on any atom is -0.331 e. The normalized spacial score (nSPS) is 11.3. The largest absolute Gasteiger partial charge is 0.451 e. The average molecular weight is 391 g/mol. The number of nitrogens with zero attached hydrogens (tertiary/aromatic N) is 2. The maximum Gasteiger partial charge on any atom is 0.451 e. The first-order valence-corrected chi connectivity index (χ1v) is 8.53. The molecule has 27 heavy (non-hydrogen) atoms. The first kappa shape index (κ1) is 18.8. The van der Waals surface area contributed by atoms with Crippen molar-refractivity contribution < 1.29 is 13.2 Å². The Labute approximate surface area is 159 Å². The second kappa shape index (κ2) is 7.75. The molecule has 0 aliphatic rings. The quantitative estimate of drug-likeness (QED) is 0.449. The van der Waals surface area contributed by atoms with E-state index in [0.29, 0.717) is 5.39 Å². The standard InChI is InChI=1S/C18H16F3N5S/c1-2-11-6-5-7-12(10-11)22-17(27)26-25-15-13-8-3-4-9-14(13)23-16(24-15)18(19,20)21/h3-10H,2H2,1H3,(H2,22,26,27)(H,23,24,25). The molecule has 5 nitrogen and oxygen atoms in total. The van der Waals surface area contributed by atoms with Crippen LogP contribution in [0.5, 0.6) is 0 Å². The van der Waals surface area contributed by atoms with Crippen molar-refractivity contribution in [3.05, 3.63) is 59.9 Å². The molecule has 2 aromatic carbocycles. The molecule has 3 aromatic rings. The van der Waals surface area contributed by atoms with E-state index in [2.05, 4.69) is 26.1 Å². The first-order valence-electron chi connectivity index (χ1n) is 8.12. The fourth-order valence-electron chi connectivity index (χ4n) is 2.45. The van der Waals surface area contributed by atoms with Crippen LogP contribution in [0, 0.1) is 0 Å². The Hall–Kier alpha value is -2.94. The molecular weight excluding hydrogens is 375 g/mol. The summed E-state index contributed by atoms with van der Waals surface area (Å²) in [5.74, 6) is -1.24. The van der Waals surface area contributed by atoms with E-state index >= 15 is 0 Å². The van der Waals surface area contributed by atoms with Crippen molar-refractivity contribution in [1.82, 2.24) is 15.4 Å². The third-order valence-corrected chi connectivity index (χ3v) is 3.95. The summed E-state index contributed by atoms with van der Waals surface area (Å²) in [7, 11) is 0. The SMILES string of the molecule is CCc1cccc(NC(=S)NNc2nc(C(F)(F)F)nc3ccccc23)c1. The Balaban J connectivity index is 1.78. The highest BCUT2D eigenvalue weighted by Gasteiger charge is 2.35. The van der Waals surface area contributed by atoms with Crippen molar-refractivity contribution in [2.75, 3.05) is 10.7 Å². The van der Waals surface area contributed by atoms with Gasteiger partial charge in [0, 0.05) is 11.1 Å². The number of alkyl halides is 3. The molecule has 9 heteroatoms. The summed E-state index contributed by atoms with van der Waals surface area (Å²) in [4.78, 5) is 7.15. The van der Waals surface area contributed by atoms with Gasteiger partial charge in [0.1, 0.15) is 0 Å². The summed E-state index contributed by atoms with van der Waals surface area (Å²) in [6, 6.07) is 14.1. The van der Waals surface area contributed by atoms with E-state index in [4.69, 9.17) is 12.2 Å². The number of aryl methyl sites for hydroxylation is 1. The third-order valence-electron chi connectivity index (χ3n) is 3.74. The topological polar surface area (TPSA) is 61.9 Å². The Morgan fingerprint density at radius 2 is 1.85 bits per heavy atom. The van der Waals surface area contributed by atoms with Gasteiger partial charge in [0.2, 0.25) is 5.82 Å². The van der Waals surface area contributed by atoms with Gasteiger partial charge in [-0.15, -0.1) is 0 Å². The lowest BCUT2D eigenvalue weighted by Crippen LogP contribution is -2.34. The van der Waals surface area contributed by atoms with Gasteiger partial charge in [0.25, 0.3) is 0 Å². The second-order valence-electron chi connectivity index (χ2n) is 5.67. The van der Waals surface area contributed by atoms with E-state index in [9.17, 15) is 13.2 Å². The monoisotopic (exact) mass is 391 g/mol. The van der Waals surface area contributed by atoms with Gasteiger partial charge >= 0.3 is 6.18 Å². The van der Waals surface area contributed by atoms with E-state index in [-0.39, 0.29) is 16.4 Å². The molecule has 0 radical (unpaired) electrons. The van der Waals surface area contributed by atoms with Gasteiger partial charge in [-0.05, 0) is 48.5 Å². The molecule has 0 saturated heterocycles. The minimum atomic E-state index is -4.65. The van der Waals surface area contributed by atoms with Crippen LogP contribution in [-0.4, -0.2) is 15.1 Å². The predicted octanol–water partition coefficient (Wildman–Crippen LogP) is 4.52. The van der Waals surface area contributed by atoms with Gasteiger partial charge in [0.15, 0.2) is 10.9 Å². The van der Waals surface area contributed by atoms with E-state index in [1.807, 2.05) is 31.2 Å². The van der Waals surface area contributed by atoms with Crippen LogP contribution in [0.3, 0.4) is 0 Å². The number of thiocarbonyl (C=S) groups is 1. The van der Waals surface area contributed by atoms with Crippen molar-refractivity contribution in [3.63, 3.8) is 0 Å². The van der Waals surface area contributed by atoms with Crippen LogP contribution in [0.4, 0.5) is 24.7 Å². The molecule has 0 spiro atoms. The number of nitrogens with one attached hydrogen (secondary N) is 3. The van der Waals surface area contributed by atoms with Crippen molar-refractivity contribution in [2.45, 2.75) is 19.5 Å². The van der Waals surface area contributed by atoms with E-state index in [1.54, 1.807) is 18.2 Å². The summed E-state index contributed by atoms with van der Waals surface area (Å²) < 4.78 is 39.1. The molecule has 0 unspecified atom stereocenters. The Morgan fingerprint density at radius 3 is 2.59 bits per heavy atom. The number of halogens is 3. The van der Waals surface area contributed by atoms with Crippen molar-refractivity contribution >= 4 is 39.7 Å². The van der Waals surface area contributed by atoms with Gasteiger partial charge < -0.3 is 5.32 Å². The number of rotatable bonds is 4. The van der Waals surface area contributed by atoms with Crippen LogP contribution in [0.2, 0.25) is 0 Å². The molecule has 3 rings (SSSR count). The summed E-state index contributed by atoms with van der Waals surface area (Å²) in [5, 5.41) is 3.60. The van der Waals surface area contributed by atoms with E-state index in [0.717, 1.165) is 17.7 Å². The van der Waals surface area contributed by atoms with Crippen LogP contribution < -0.4 is 16.2 Å². The fraction of sp³-hybridized carbons (Fsp3) is 0.167.